The first-order chi connectivity index (χ1) is 12.3. The van der Waals surface area contributed by atoms with Crippen LogP contribution in [0.3, 0.4) is 0 Å². The lowest BCUT2D eigenvalue weighted by Gasteiger charge is -1.95. The van der Waals surface area contributed by atoms with Crippen LogP contribution in [0.25, 0.3) is 22.9 Å². The zero-order valence-corrected chi connectivity index (χ0v) is 14.4. The molecule has 0 aliphatic heterocycles. The molecule has 0 unspecified atom stereocenters. The van der Waals surface area contributed by atoms with E-state index in [0.29, 0.717) is 22.8 Å². The Morgan fingerprint density at radius 1 is 0.880 bits per heavy atom. The highest BCUT2D eigenvalue weighted by molar-refractivity contribution is 7.98. The average Bonchev–Trinajstić information content (AvgIpc) is 3.31. The van der Waals surface area contributed by atoms with Crippen LogP contribution in [-0.2, 0) is 5.75 Å². The smallest absolute Gasteiger partial charge is 0.277 e. The Hall–Kier alpha value is -2.86. The lowest BCUT2D eigenvalue weighted by Crippen LogP contribution is -1.83. The van der Waals surface area contributed by atoms with Crippen LogP contribution in [0, 0.1) is 6.92 Å². The van der Waals surface area contributed by atoms with Gasteiger partial charge < -0.3 is 8.83 Å². The number of aryl methyl sites for hydroxylation is 1. The van der Waals surface area contributed by atoms with Crippen molar-refractivity contribution in [2.75, 3.05) is 0 Å². The number of nitrogens with zero attached hydrogens (tertiary/aromatic N) is 3. The molecule has 4 rings (SSSR count). The van der Waals surface area contributed by atoms with Crippen LogP contribution < -0.4 is 0 Å². The van der Waals surface area contributed by atoms with Crippen LogP contribution in [0.1, 0.15) is 11.3 Å². The summed E-state index contributed by atoms with van der Waals surface area (Å²) < 4.78 is 11.2. The van der Waals surface area contributed by atoms with E-state index in [4.69, 9.17) is 8.83 Å². The Labute approximate surface area is 149 Å². The van der Waals surface area contributed by atoms with Crippen LogP contribution >= 0.6 is 11.8 Å². The second-order valence-corrected chi connectivity index (χ2v) is 6.46. The van der Waals surface area contributed by atoms with Gasteiger partial charge in [0.25, 0.3) is 5.22 Å². The molecule has 124 valence electrons. The molecule has 25 heavy (non-hydrogen) atoms. The van der Waals surface area contributed by atoms with Gasteiger partial charge in [-0.2, -0.15) is 0 Å². The second-order valence-electron chi connectivity index (χ2n) is 5.54. The maximum absolute atomic E-state index is 5.68. The highest BCUT2D eigenvalue weighted by Gasteiger charge is 2.11. The molecular formula is C19H15N3O2S. The molecule has 4 aromatic rings. The van der Waals surface area contributed by atoms with Crippen LogP contribution in [-0.4, -0.2) is 15.2 Å². The van der Waals surface area contributed by atoms with E-state index in [9.17, 15) is 0 Å². The maximum atomic E-state index is 5.68. The maximum Gasteiger partial charge on any atom is 0.277 e. The van der Waals surface area contributed by atoms with Crippen LogP contribution in [0.4, 0.5) is 0 Å². The highest BCUT2D eigenvalue weighted by Crippen LogP contribution is 2.26. The molecule has 6 heteroatoms. The molecule has 0 saturated heterocycles. The van der Waals surface area contributed by atoms with Gasteiger partial charge in [0.15, 0.2) is 0 Å². The van der Waals surface area contributed by atoms with E-state index in [2.05, 4.69) is 22.1 Å². The van der Waals surface area contributed by atoms with Crippen molar-refractivity contribution in [2.45, 2.75) is 17.9 Å². The lowest BCUT2D eigenvalue weighted by molar-refractivity contribution is 0.466. The van der Waals surface area contributed by atoms with Gasteiger partial charge in [0.1, 0.15) is 6.26 Å². The number of rotatable bonds is 5. The number of oxazole rings is 1. The quantitative estimate of drug-likeness (QED) is 0.473. The zero-order valence-electron chi connectivity index (χ0n) is 13.5. The summed E-state index contributed by atoms with van der Waals surface area (Å²) in [5, 5.41) is 8.66. The predicted molar refractivity (Wildman–Crippen MR) is 96.0 cm³/mol. The summed E-state index contributed by atoms with van der Waals surface area (Å²) in [5.41, 5.74) is 3.91. The standard InChI is InChI=1S/C19H15N3O2S/c1-13-7-9-15(10-8-13)17-20-16(11-23-17)12-25-19-22-21-18(24-19)14-5-3-2-4-6-14/h2-11H,12H2,1H3. The molecule has 5 nitrogen and oxygen atoms in total. The number of hydrogen-bond donors (Lipinski definition) is 0. The molecule has 0 aliphatic rings. The van der Waals surface area contributed by atoms with Gasteiger partial charge in [-0.05, 0) is 31.2 Å². The molecule has 0 bridgehead atoms. The van der Waals surface area contributed by atoms with E-state index in [1.807, 2.05) is 54.6 Å². The normalized spacial score (nSPS) is 10.9. The van der Waals surface area contributed by atoms with Crippen molar-refractivity contribution in [3.05, 3.63) is 72.1 Å². The van der Waals surface area contributed by atoms with E-state index >= 15 is 0 Å². The molecular weight excluding hydrogens is 334 g/mol. The van der Waals surface area contributed by atoms with Crippen molar-refractivity contribution < 1.29 is 8.83 Å². The molecule has 2 aromatic heterocycles. The van der Waals surface area contributed by atoms with Gasteiger partial charge in [0, 0.05) is 16.9 Å². The minimum atomic E-state index is 0.513. The Bertz CT molecular complexity index is 962. The molecule has 0 radical (unpaired) electrons. The third kappa shape index (κ3) is 3.64. The topological polar surface area (TPSA) is 65.0 Å². The van der Waals surface area contributed by atoms with E-state index in [1.54, 1.807) is 6.26 Å². The Morgan fingerprint density at radius 2 is 1.64 bits per heavy atom. The fourth-order valence-corrected chi connectivity index (χ4v) is 2.94. The summed E-state index contributed by atoms with van der Waals surface area (Å²) in [7, 11) is 0. The zero-order chi connectivity index (χ0) is 17.1. The van der Waals surface area contributed by atoms with Gasteiger partial charge >= 0.3 is 0 Å². The average molecular weight is 349 g/mol. The largest absolute Gasteiger partial charge is 0.444 e. The lowest BCUT2D eigenvalue weighted by atomic mass is 10.1. The second kappa shape index (κ2) is 6.94. The predicted octanol–water partition coefficient (Wildman–Crippen LogP) is 4.99. The fraction of sp³-hybridized carbons (Fsp3) is 0.105. The van der Waals surface area contributed by atoms with Crippen molar-refractivity contribution in [1.29, 1.82) is 0 Å². The van der Waals surface area contributed by atoms with E-state index < -0.39 is 0 Å². The van der Waals surface area contributed by atoms with Gasteiger partial charge in [-0.15, -0.1) is 10.2 Å². The Balaban J connectivity index is 1.42. The molecule has 0 N–H and O–H groups in total. The molecule has 0 aliphatic carbocycles. The molecule has 0 atom stereocenters. The number of hydrogen-bond acceptors (Lipinski definition) is 6. The summed E-state index contributed by atoms with van der Waals surface area (Å²) in [4.78, 5) is 4.51. The third-order valence-corrected chi connectivity index (χ3v) is 4.47. The number of benzene rings is 2. The number of aromatic nitrogens is 3. The molecule has 0 amide bonds. The monoisotopic (exact) mass is 349 g/mol. The molecule has 0 saturated carbocycles. The van der Waals surface area contributed by atoms with Gasteiger partial charge in [-0.25, -0.2) is 4.98 Å². The number of thioether (sulfide) groups is 1. The van der Waals surface area contributed by atoms with Gasteiger partial charge in [0.2, 0.25) is 11.8 Å². The summed E-state index contributed by atoms with van der Waals surface area (Å²) in [6, 6.07) is 17.8. The SMILES string of the molecule is Cc1ccc(-c2nc(CSc3nnc(-c4ccccc4)o3)co2)cc1. The van der Waals surface area contributed by atoms with E-state index in [1.165, 1.54) is 17.3 Å². The molecule has 0 fully saturated rings. The first-order valence-electron chi connectivity index (χ1n) is 7.81. The first kappa shape index (κ1) is 15.7. The van der Waals surface area contributed by atoms with Gasteiger partial charge in [-0.3, -0.25) is 0 Å². The van der Waals surface area contributed by atoms with Crippen molar-refractivity contribution in [1.82, 2.24) is 15.2 Å². The summed E-state index contributed by atoms with van der Waals surface area (Å²) in [6.45, 7) is 2.05. The van der Waals surface area contributed by atoms with Gasteiger partial charge in [-0.1, -0.05) is 47.7 Å². The van der Waals surface area contributed by atoms with Crippen molar-refractivity contribution in [2.24, 2.45) is 0 Å². The summed E-state index contributed by atoms with van der Waals surface area (Å²) in [5.74, 6) is 1.74. The van der Waals surface area contributed by atoms with Crippen molar-refractivity contribution in [3.8, 4) is 22.9 Å². The summed E-state index contributed by atoms with van der Waals surface area (Å²) >= 11 is 1.44. The summed E-state index contributed by atoms with van der Waals surface area (Å²) in [6.07, 6.45) is 1.66. The van der Waals surface area contributed by atoms with Crippen molar-refractivity contribution >= 4 is 11.8 Å². The Kier molecular flexibility index (Phi) is 4.35. The van der Waals surface area contributed by atoms with E-state index in [-0.39, 0.29) is 0 Å². The first-order valence-corrected chi connectivity index (χ1v) is 8.80. The highest BCUT2D eigenvalue weighted by atomic mass is 32.2. The van der Waals surface area contributed by atoms with Crippen LogP contribution in [0.15, 0.2) is 74.9 Å². The fourth-order valence-electron chi connectivity index (χ4n) is 2.30. The van der Waals surface area contributed by atoms with E-state index in [0.717, 1.165) is 16.8 Å². The third-order valence-electron chi connectivity index (χ3n) is 3.62. The minimum absolute atomic E-state index is 0.513. The van der Waals surface area contributed by atoms with Crippen LogP contribution in [0.5, 0.6) is 0 Å². The minimum Gasteiger partial charge on any atom is -0.444 e. The molecule has 0 spiro atoms. The molecule has 2 aromatic carbocycles. The molecule has 2 heterocycles. The van der Waals surface area contributed by atoms with Crippen LogP contribution in [0.2, 0.25) is 0 Å². The Morgan fingerprint density at radius 3 is 2.44 bits per heavy atom. The van der Waals surface area contributed by atoms with Crippen molar-refractivity contribution in [3.63, 3.8) is 0 Å². The van der Waals surface area contributed by atoms with Gasteiger partial charge in [0.05, 0.1) is 5.69 Å².